The van der Waals surface area contributed by atoms with Crippen LogP contribution in [0, 0.1) is 0 Å². The smallest absolute Gasteiger partial charge is 0.111 e. The van der Waals surface area contributed by atoms with E-state index in [4.69, 9.17) is 0 Å². The molecule has 0 fully saturated rings. The number of fused-ring (bicyclic) bond motifs is 1. The summed E-state index contributed by atoms with van der Waals surface area (Å²) >= 11 is 0. The zero-order valence-corrected chi connectivity index (χ0v) is 10.8. The van der Waals surface area contributed by atoms with Crippen molar-refractivity contribution in [2.75, 3.05) is 0 Å². The van der Waals surface area contributed by atoms with Gasteiger partial charge in [-0.1, -0.05) is 36.4 Å². The largest absolute Gasteiger partial charge is 0.388 e. The van der Waals surface area contributed by atoms with E-state index in [-0.39, 0.29) is 0 Å². The molecule has 3 nitrogen and oxygen atoms in total. The summed E-state index contributed by atoms with van der Waals surface area (Å²) in [7, 11) is 1.94. The van der Waals surface area contributed by atoms with Gasteiger partial charge in [0.2, 0.25) is 0 Å². The predicted molar refractivity (Wildman–Crippen MR) is 75.8 cm³/mol. The Morgan fingerprint density at radius 1 is 1.16 bits per heavy atom. The fourth-order valence-electron chi connectivity index (χ4n) is 2.30. The molecule has 0 amide bonds. The molecule has 96 valence electrons. The summed E-state index contributed by atoms with van der Waals surface area (Å²) in [6.07, 6.45) is 3.65. The molecule has 19 heavy (non-hydrogen) atoms. The third kappa shape index (κ3) is 2.37. The molecular formula is C16H16N2O. The van der Waals surface area contributed by atoms with Crippen LogP contribution in [0.25, 0.3) is 10.8 Å². The Kier molecular flexibility index (Phi) is 3.05. The molecule has 1 aromatic heterocycles. The number of aromatic nitrogens is 2. The molecule has 3 aromatic rings. The first-order valence-electron chi connectivity index (χ1n) is 6.37. The van der Waals surface area contributed by atoms with Gasteiger partial charge in [0.15, 0.2) is 0 Å². The van der Waals surface area contributed by atoms with Gasteiger partial charge < -0.3 is 9.67 Å². The van der Waals surface area contributed by atoms with Crippen molar-refractivity contribution in [3.63, 3.8) is 0 Å². The molecule has 1 unspecified atom stereocenters. The van der Waals surface area contributed by atoms with Crippen molar-refractivity contribution in [1.82, 2.24) is 9.55 Å². The van der Waals surface area contributed by atoms with E-state index in [1.165, 1.54) is 5.39 Å². The van der Waals surface area contributed by atoms with E-state index >= 15 is 0 Å². The van der Waals surface area contributed by atoms with Crippen molar-refractivity contribution in [2.24, 2.45) is 7.05 Å². The lowest BCUT2D eigenvalue weighted by molar-refractivity contribution is 0.175. The SMILES string of the molecule is Cn1ccnc1CC(O)c1ccc2ccccc2c1. The molecule has 1 heterocycles. The molecule has 0 radical (unpaired) electrons. The van der Waals surface area contributed by atoms with Crippen LogP contribution < -0.4 is 0 Å². The molecule has 0 saturated heterocycles. The van der Waals surface area contributed by atoms with Gasteiger partial charge in [-0.3, -0.25) is 0 Å². The number of benzene rings is 2. The summed E-state index contributed by atoms with van der Waals surface area (Å²) in [6, 6.07) is 14.2. The van der Waals surface area contributed by atoms with Crippen molar-refractivity contribution in [2.45, 2.75) is 12.5 Å². The van der Waals surface area contributed by atoms with E-state index in [0.29, 0.717) is 6.42 Å². The normalized spacial score (nSPS) is 12.7. The average Bonchev–Trinajstić information content (AvgIpc) is 2.84. The van der Waals surface area contributed by atoms with Gasteiger partial charge in [-0.2, -0.15) is 0 Å². The fraction of sp³-hybridized carbons (Fsp3) is 0.188. The lowest BCUT2D eigenvalue weighted by Gasteiger charge is -2.11. The van der Waals surface area contributed by atoms with Crippen LogP contribution in [0.3, 0.4) is 0 Å². The first kappa shape index (κ1) is 11.9. The standard InChI is InChI=1S/C16H16N2O/c1-18-9-8-17-16(18)11-15(19)14-7-6-12-4-2-3-5-13(12)10-14/h2-10,15,19H,11H2,1H3. The molecule has 0 saturated carbocycles. The molecule has 0 bridgehead atoms. The third-order valence-corrected chi connectivity index (χ3v) is 3.46. The first-order valence-corrected chi connectivity index (χ1v) is 6.37. The van der Waals surface area contributed by atoms with Gasteiger partial charge in [-0.25, -0.2) is 4.98 Å². The minimum absolute atomic E-state index is 0.522. The summed E-state index contributed by atoms with van der Waals surface area (Å²) in [5.74, 6) is 0.889. The second-order valence-corrected chi connectivity index (χ2v) is 4.78. The third-order valence-electron chi connectivity index (χ3n) is 3.46. The summed E-state index contributed by atoms with van der Waals surface area (Å²) in [4.78, 5) is 4.25. The van der Waals surface area contributed by atoms with Crippen LogP contribution >= 0.6 is 0 Å². The number of nitrogens with zero attached hydrogens (tertiary/aromatic N) is 2. The Morgan fingerprint density at radius 2 is 1.95 bits per heavy atom. The van der Waals surface area contributed by atoms with Gasteiger partial charge in [0.05, 0.1) is 6.10 Å². The molecule has 0 aliphatic rings. The van der Waals surface area contributed by atoms with Gasteiger partial charge in [0.1, 0.15) is 5.82 Å². The Balaban J connectivity index is 1.89. The quantitative estimate of drug-likeness (QED) is 0.778. The summed E-state index contributed by atoms with van der Waals surface area (Å²) in [5.41, 5.74) is 0.932. The monoisotopic (exact) mass is 252 g/mol. The maximum Gasteiger partial charge on any atom is 0.111 e. The highest BCUT2D eigenvalue weighted by Gasteiger charge is 2.11. The van der Waals surface area contributed by atoms with Crippen molar-refractivity contribution >= 4 is 10.8 Å². The number of imidazole rings is 1. The lowest BCUT2D eigenvalue weighted by Crippen LogP contribution is -2.06. The lowest BCUT2D eigenvalue weighted by atomic mass is 10.0. The number of aryl methyl sites for hydroxylation is 1. The topological polar surface area (TPSA) is 38.0 Å². The summed E-state index contributed by atoms with van der Waals surface area (Å²) in [5, 5.41) is 12.7. The van der Waals surface area contributed by atoms with Crippen molar-refractivity contribution in [3.05, 3.63) is 66.2 Å². The second-order valence-electron chi connectivity index (χ2n) is 4.78. The van der Waals surface area contributed by atoms with E-state index in [1.54, 1.807) is 6.20 Å². The molecular weight excluding hydrogens is 236 g/mol. The van der Waals surface area contributed by atoms with Crippen LogP contribution in [0.15, 0.2) is 54.9 Å². The minimum Gasteiger partial charge on any atom is -0.388 e. The van der Waals surface area contributed by atoms with Crippen molar-refractivity contribution in [3.8, 4) is 0 Å². The number of aliphatic hydroxyl groups excluding tert-OH is 1. The number of hydrogen-bond acceptors (Lipinski definition) is 2. The van der Waals surface area contributed by atoms with Crippen LogP contribution in [-0.2, 0) is 13.5 Å². The van der Waals surface area contributed by atoms with Crippen molar-refractivity contribution in [1.29, 1.82) is 0 Å². The zero-order chi connectivity index (χ0) is 13.2. The maximum atomic E-state index is 10.3. The van der Waals surface area contributed by atoms with E-state index in [1.807, 2.05) is 48.1 Å². The van der Waals surface area contributed by atoms with Crippen LogP contribution in [0.2, 0.25) is 0 Å². The Bertz CT molecular complexity index is 703. The Labute approximate surface area is 112 Å². The summed E-state index contributed by atoms with van der Waals surface area (Å²) in [6.45, 7) is 0. The average molecular weight is 252 g/mol. The minimum atomic E-state index is -0.522. The van der Waals surface area contributed by atoms with Crippen LogP contribution in [0.1, 0.15) is 17.5 Å². The van der Waals surface area contributed by atoms with E-state index in [9.17, 15) is 5.11 Å². The molecule has 0 aliphatic heterocycles. The van der Waals surface area contributed by atoms with Crippen LogP contribution in [0.5, 0.6) is 0 Å². The molecule has 3 heteroatoms. The van der Waals surface area contributed by atoms with Gasteiger partial charge in [0.25, 0.3) is 0 Å². The van der Waals surface area contributed by atoms with Gasteiger partial charge in [-0.05, 0) is 22.4 Å². The highest BCUT2D eigenvalue weighted by Crippen LogP contribution is 2.22. The maximum absolute atomic E-state index is 10.3. The molecule has 1 atom stereocenters. The molecule has 0 spiro atoms. The van der Waals surface area contributed by atoms with Crippen molar-refractivity contribution < 1.29 is 5.11 Å². The number of hydrogen-bond donors (Lipinski definition) is 1. The van der Waals surface area contributed by atoms with Gasteiger partial charge in [0, 0.05) is 25.9 Å². The van der Waals surface area contributed by atoms with E-state index in [0.717, 1.165) is 16.8 Å². The molecule has 0 aliphatic carbocycles. The molecule has 1 N–H and O–H groups in total. The van der Waals surface area contributed by atoms with Crippen LogP contribution in [-0.4, -0.2) is 14.7 Å². The molecule has 3 rings (SSSR count). The Hall–Kier alpha value is -2.13. The van der Waals surface area contributed by atoms with Gasteiger partial charge >= 0.3 is 0 Å². The van der Waals surface area contributed by atoms with Crippen LogP contribution in [0.4, 0.5) is 0 Å². The number of rotatable bonds is 3. The fourth-order valence-corrected chi connectivity index (χ4v) is 2.30. The first-order chi connectivity index (χ1) is 9.24. The van der Waals surface area contributed by atoms with E-state index in [2.05, 4.69) is 17.1 Å². The number of aliphatic hydroxyl groups is 1. The van der Waals surface area contributed by atoms with E-state index < -0.39 is 6.10 Å². The highest BCUT2D eigenvalue weighted by molar-refractivity contribution is 5.83. The zero-order valence-electron chi connectivity index (χ0n) is 10.8. The van der Waals surface area contributed by atoms with Gasteiger partial charge in [-0.15, -0.1) is 0 Å². The Morgan fingerprint density at radius 3 is 2.68 bits per heavy atom. The highest BCUT2D eigenvalue weighted by atomic mass is 16.3. The second kappa shape index (κ2) is 4.86. The summed E-state index contributed by atoms with van der Waals surface area (Å²) < 4.78 is 1.93. The molecule has 2 aromatic carbocycles. The predicted octanol–water partition coefficient (Wildman–Crippen LogP) is 2.85.